The van der Waals surface area contributed by atoms with Crippen LogP contribution in [0.3, 0.4) is 0 Å². The van der Waals surface area contributed by atoms with Crippen molar-refractivity contribution in [3.63, 3.8) is 0 Å². The van der Waals surface area contributed by atoms with Gasteiger partial charge in [-0.15, -0.1) is 0 Å². The minimum absolute atomic E-state index is 0.0787. The van der Waals surface area contributed by atoms with Gasteiger partial charge in [0, 0.05) is 23.4 Å². The molecule has 2 aromatic carbocycles. The average molecular weight is 562 g/mol. The van der Waals surface area contributed by atoms with E-state index in [1.165, 1.54) is 0 Å². The van der Waals surface area contributed by atoms with Gasteiger partial charge in [0.05, 0.1) is 13.0 Å². The summed E-state index contributed by atoms with van der Waals surface area (Å²) in [6.45, 7) is 10.0. The SMILES string of the molecule is CCOC(=O)CC1CC=C(C)C=C1OCc1cc(-c2cccc(CNC(=O)OC(C)(C)C)c2)c2oc(CO)cc2c1. The molecule has 3 aromatic rings. The lowest BCUT2D eigenvalue weighted by Gasteiger charge is -2.23. The molecule has 0 spiro atoms. The number of allylic oxidation sites excluding steroid dienone is 4. The van der Waals surface area contributed by atoms with Crippen LogP contribution in [-0.2, 0) is 38.8 Å². The predicted molar refractivity (Wildman–Crippen MR) is 157 cm³/mol. The van der Waals surface area contributed by atoms with Crippen molar-refractivity contribution in [2.24, 2.45) is 5.92 Å². The summed E-state index contributed by atoms with van der Waals surface area (Å²) in [4.78, 5) is 24.3. The van der Waals surface area contributed by atoms with E-state index < -0.39 is 11.7 Å². The predicted octanol–water partition coefficient (Wildman–Crippen LogP) is 6.94. The fraction of sp³-hybridized carbons (Fsp3) is 0.394. The Bertz CT molecular complexity index is 1460. The monoisotopic (exact) mass is 561 g/mol. The molecule has 1 atom stereocenters. The van der Waals surface area contributed by atoms with Gasteiger partial charge >= 0.3 is 12.1 Å². The number of amides is 1. The molecule has 1 amide bonds. The third-order valence-electron chi connectivity index (χ3n) is 6.58. The second-order valence-electron chi connectivity index (χ2n) is 11.2. The molecule has 0 saturated carbocycles. The number of hydrogen-bond acceptors (Lipinski definition) is 7. The number of furan rings is 1. The van der Waals surface area contributed by atoms with Gasteiger partial charge in [-0.25, -0.2) is 4.79 Å². The van der Waals surface area contributed by atoms with E-state index in [0.717, 1.165) is 39.0 Å². The first kappa shape index (κ1) is 29.9. The third-order valence-corrected chi connectivity index (χ3v) is 6.58. The van der Waals surface area contributed by atoms with Crippen molar-refractivity contribution >= 4 is 23.0 Å². The fourth-order valence-corrected chi connectivity index (χ4v) is 4.76. The number of ether oxygens (including phenoxy) is 3. The summed E-state index contributed by atoms with van der Waals surface area (Å²) < 4.78 is 22.8. The van der Waals surface area contributed by atoms with Crippen LogP contribution in [0, 0.1) is 5.92 Å². The first-order valence-electron chi connectivity index (χ1n) is 13.9. The quantitative estimate of drug-likeness (QED) is 0.258. The van der Waals surface area contributed by atoms with E-state index in [4.69, 9.17) is 18.6 Å². The highest BCUT2D eigenvalue weighted by molar-refractivity contribution is 5.93. The lowest BCUT2D eigenvalue weighted by atomic mass is 9.92. The molecule has 0 aliphatic heterocycles. The van der Waals surface area contributed by atoms with Gasteiger partial charge in [0.25, 0.3) is 0 Å². The van der Waals surface area contributed by atoms with Crippen LogP contribution >= 0.6 is 0 Å². The van der Waals surface area contributed by atoms with Gasteiger partial charge < -0.3 is 29.1 Å². The molecule has 2 N–H and O–H groups in total. The van der Waals surface area contributed by atoms with Crippen molar-refractivity contribution in [2.45, 2.75) is 72.8 Å². The second kappa shape index (κ2) is 13.1. The number of rotatable bonds is 10. The average Bonchev–Trinajstić information content (AvgIpc) is 3.34. The molecule has 1 aromatic heterocycles. The summed E-state index contributed by atoms with van der Waals surface area (Å²) in [6.07, 6.45) is 4.58. The smallest absolute Gasteiger partial charge is 0.407 e. The Balaban J connectivity index is 1.58. The molecule has 1 unspecified atom stereocenters. The molecule has 218 valence electrons. The maximum atomic E-state index is 12.2. The Labute approximate surface area is 241 Å². The summed E-state index contributed by atoms with van der Waals surface area (Å²) in [6, 6.07) is 13.7. The highest BCUT2D eigenvalue weighted by Crippen LogP contribution is 2.35. The van der Waals surface area contributed by atoms with E-state index >= 15 is 0 Å². The van der Waals surface area contributed by atoms with Crippen LogP contribution in [0.4, 0.5) is 4.79 Å². The van der Waals surface area contributed by atoms with Gasteiger partial charge in [0.15, 0.2) is 0 Å². The number of benzene rings is 2. The first-order chi connectivity index (χ1) is 19.5. The molecule has 1 heterocycles. The van der Waals surface area contributed by atoms with E-state index in [1.54, 1.807) is 6.92 Å². The van der Waals surface area contributed by atoms with Crippen molar-refractivity contribution < 1.29 is 33.3 Å². The van der Waals surface area contributed by atoms with Gasteiger partial charge in [-0.3, -0.25) is 4.79 Å². The van der Waals surface area contributed by atoms with Gasteiger partial charge in [0.1, 0.15) is 35.9 Å². The maximum Gasteiger partial charge on any atom is 0.407 e. The fourth-order valence-electron chi connectivity index (χ4n) is 4.76. The molecule has 41 heavy (non-hydrogen) atoms. The van der Waals surface area contributed by atoms with Crippen LogP contribution in [0.15, 0.2) is 70.4 Å². The van der Waals surface area contributed by atoms with Crippen LogP contribution in [0.2, 0.25) is 0 Å². The zero-order chi connectivity index (χ0) is 29.6. The zero-order valence-electron chi connectivity index (χ0n) is 24.4. The van der Waals surface area contributed by atoms with Crippen molar-refractivity contribution in [3.8, 4) is 11.1 Å². The van der Waals surface area contributed by atoms with Gasteiger partial charge in [0.2, 0.25) is 0 Å². The minimum atomic E-state index is -0.578. The number of fused-ring (bicyclic) bond motifs is 1. The Kier molecular flexibility index (Phi) is 9.55. The number of aliphatic hydroxyl groups is 1. The Morgan fingerprint density at radius 1 is 1.12 bits per heavy atom. The number of aliphatic hydroxyl groups excluding tert-OH is 1. The lowest BCUT2D eigenvalue weighted by molar-refractivity contribution is -0.144. The molecule has 0 bridgehead atoms. The van der Waals surface area contributed by atoms with Crippen molar-refractivity contribution in [1.29, 1.82) is 0 Å². The number of esters is 1. The van der Waals surface area contributed by atoms with E-state index in [2.05, 4.69) is 11.4 Å². The largest absolute Gasteiger partial charge is 0.493 e. The van der Waals surface area contributed by atoms with Crippen LogP contribution in [-0.4, -0.2) is 29.4 Å². The molecule has 0 saturated heterocycles. The van der Waals surface area contributed by atoms with Crippen molar-refractivity contribution in [2.75, 3.05) is 6.61 Å². The Morgan fingerprint density at radius 2 is 1.93 bits per heavy atom. The van der Waals surface area contributed by atoms with Crippen molar-refractivity contribution in [3.05, 3.63) is 82.8 Å². The van der Waals surface area contributed by atoms with Gasteiger partial charge in [-0.05, 0) is 88.1 Å². The molecule has 1 aliphatic rings. The number of alkyl carbamates (subject to hydrolysis) is 1. The van der Waals surface area contributed by atoms with E-state index in [0.29, 0.717) is 37.5 Å². The summed E-state index contributed by atoms with van der Waals surface area (Å²) in [7, 11) is 0. The molecule has 4 rings (SSSR count). The van der Waals surface area contributed by atoms with E-state index in [-0.39, 0.29) is 24.9 Å². The number of hydrogen-bond donors (Lipinski definition) is 2. The topological polar surface area (TPSA) is 107 Å². The standard InChI is InChI=1S/C33H39NO7/c1-6-38-30(36)17-25-11-10-21(2)12-29(25)39-20-23-14-26-16-27(19-35)40-31(26)28(15-23)24-9-7-8-22(13-24)18-34-32(37)41-33(3,4)5/h7-10,12-16,25,35H,6,11,17-20H2,1-5H3,(H,34,37). The molecule has 1 aliphatic carbocycles. The molecule has 0 radical (unpaired) electrons. The lowest BCUT2D eigenvalue weighted by Crippen LogP contribution is -2.32. The van der Waals surface area contributed by atoms with Gasteiger partial charge in [-0.2, -0.15) is 0 Å². The van der Waals surface area contributed by atoms with Crippen LogP contribution in [0.1, 0.15) is 64.3 Å². The van der Waals surface area contributed by atoms with Crippen LogP contribution in [0.5, 0.6) is 0 Å². The highest BCUT2D eigenvalue weighted by atomic mass is 16.6. The zero-order valence-corrected chi connectivity index (χ0v) is 24.4. The number of carbonyl (C=O) groups is 2. The molecule has 8 nitrogen and oxygen atoms in total. The molecular weight excluding hydrogens is 522 g/mol. The minimum Gasteiger partial charge on any atom is -0.493 e. The molecule has 0 fully saturated rings. The molecular formula is C33H39NO7. The molecule has 8 heteroatoms. The van der Waals surface area contributed by atoms with E-state index in [1.807, 2.05) is 76.2 Å². The summed E-state index contributed by atoms with van der Waals surface area (Å²) >= 11 is 0. The van der Waals surface area contributed by atoms with E-state index in [9.17, 15) is 14.7 Å². The van der Waals surface area contributed by atoms with Crippen LogP contribution < -0.4 is 5.32 Å². The second-order valence-corrected chi connectivity index (χ2v) is 11.2. The Morgan fingerprint density at radius 3 is 2.66 bits per heavy atom. The normalized spacial score (nSPS) is 15.2. The van der Waals surface area contributed by atoms with Crippen LogP contribution in [0.25, 0.3) is 22.1 Å². The number of carbonyl (C=O) groups excluding carboxylic acids is 2. The summed E-state index contributed by atoms with van der Waals surface area (Å²) in [5, 5.41) is 13.4. The summed E-state index contributed by atoms with van der Waals surface area (Å²) in [5.41, 5.74) is 4.73. The first-order valence-corrected chi connectivity index (χ1v) is 13.9. The van der Waals surface area contributed by atoms with Gasteiger partial charge in [-0.1, -0.05) is 29.8 Å². The summed E-state index contributed by atoms with van der Waals surface area (Å²) in [5.74, 6) is 0.912. The number of nitrogens with one attached hydrogen (secondary N) is 1. The maximum absolute atomic E-state index is 12.2. The Hall–Kier alpha value is -4.04. The highest BCUT2D eigenvalue weighted by Gasteiger charge is 2.23. The van der Waals surface area contributed by atoms with Crippen molar-refractivity contribution in [1.82, 2.24) is 5.32 Å². The third kappa shape index (κ3) is 8.24.